The molecule has 2 saturated heterocycles. The van der Waals surface area contributed by atoms with Crippen molar-refractivity contribution in [2.24, 2.45) is 0 Å². The van der Waals surface area contributed by atoms with Gasteiger partial charge in [0.2, 0.25) is 0 Å². The lowest BCUT2D eigenvalue weighted by atomic mass is 9.92. The molecule has 0 bridgehead atoms. The molecule has 0 spiro atoms. The van der Waals surface area contributed by atoms with Crippen LogP contribution >= 0.6 is 0 Å². The summed E-state index contributed by atoms with van der Waals surface area (Å²) in [6.07, 6.45) is 1.71. The van der Waals surface area contributed by atoms with Crippen LogP contribution in [0.3, 0.4) is 0 Å². The number of pyridine rings is 1. The summed E-state index contributed by atoms with van der Waals surface area (Å²) in [5, 5.41) is 2.60. The number of hydrogen-bond donors (Lipinski definition) is 1. The standard InChI is InChI=1S/C31H32F4N4O5/c1-38-10-8-17(9-11-38)25-14-21(43-3)15-26(36-25)39-16-22(27-23(32)12-20(42-2)13-24(27)33)28(30(39)41)37-29(40)18-4-6-19(7-5-18)44-31(34)35/h4-7,12-15,17,22,28,31H,8-11,16H2,1-3H3,(H,37,40)/t22-,28?/m0/s1. The second-order valence-electron chi connectivity index (χ2n) is 10.8. The Balaban J connectivity index is 1.50. The van der Waals surface area contributed by atoms with E-state index in [0.29, 0.717) is 5.75 Å². The van der Waals surface area contributed by atoms with E-state index in [1.807, 2.05) is 13.1 Å². The minimum atomic E-state index is -3.04. The zero-order valence-corrected chi connectivity index (χ0v) is 24.4. The van der Waals surface area contributed by atoms with Crippen molar-refractivity contribution in [3.05, 3.63) is 77.0 Å². The number of aromatic nitrogens is 1. The molecule has 1 aromatic heterocycles. The Kier molecular flexibility index (Phi) is 9.23. The molecule has 2 aromatic carbocycles. The topological polar surface area (TPSA) is 93.2 Å². The van der Waals surface area contributed by atoms with Crippen LogP contribution in [0.5, 0.6) is 17.2 Å². The third-order valence-corrected chi connectivity index (χ3v) is 8.06. The van der Waals surface area contributed by atoms with Gasteiger partial charge in [0.1, 0.15) is 40.7 Å². The third kappa shape index (κ3) is 6.57. The van der Waals surface area contributed by atoms with Crippen LogP contribution in [0.25, 0.3) is 0 Å². The zero-order valence-electron chi connectivity index (χ0n) is 24.4. The van der Waals surface area contributed by atoms with E-state index in [1.54, 1.807) is 6.07 Å². The molecular weight excluding hydrogens is 584 g/mol. The maximum absolute atomic E-state index is 15.4. The summed E-state index contributed by atoms with van der Waals surface area (Å²) in [5.41, 5.74) is 0.361. The number of anilines is 1. The number of ether oxygens (including phenoxy) is 3. The second kappa shape index (κ2) is 13.1. The number of alkyl halides is 2. The zero-order chi connectivity index (χ0) is 31.5. The molecule has 2 aliphatic rings. The van der Waals surface area contributed by atoms with Crippen LogP contribution in [-0.4, -0.2) is 75.3 Å². The fraction of sp³-hybridized carbons (Fsp3) is 0.387. The average Bonchev–Trinajstić information content (AvgIpc) is 3.31. The molecule has 1 N–H and O–H groups in total. The molecule has 13 heteroatoms. The quantitative estimate of drug-likeness (QED) is 0.348. The van der Waals surface area contributed by atoms with Gasteiger partial charge in [-0.25, -0.2) is 13.8 Å². The van der Waals surface area contributed by atoms with Crippen LogP contribution in [0.15, 0.2) is 48.5 Å². The fourth-order valence-corrected chi connectivity index (χ4v) is 5.69. The van der Waals surface area contributed by atoms with Gasteiger partial charge in [-0.3, -0.25) is 14.5 Å². The van der Waals surface area contributed by atoms with Gasteiger partial charge in [-0.05, 0) is 57.2 Å². The molecule has 2 fully saturated rings. The molecule has 1 unspecified atom stereocenters. The van der Waals surface area contributed by atoms with Gasteiger partial charge in [0.25, 0.3) is 11.8 Å². The summed E-state index contributed by atoms with van der Waals surface area (Å²) in [6, 6.07) is 8.85. The predicted octanol–water partition coefficient (Wildman–Crippen LogP) is 4.72. The van der Waals surface area contributed by atoms with Gasteiger partial charge in [-0.2, -0.15) is 8.78 Å². The summed E-state index contributed by atoms with van der Waals surface area (Å²) in [7, 11) is 4.81. The van der Waals surface area contributed by atoms with Gasteiger partial charge < -0.3 is 24.4 Å². The lowest BCUT2D eigenvalue weighted by Gasteiger charge is -2.29. The Hall–Kier alpha value is -4.39. The van der Waals surface area contributed by atoms with E-state index in [1.165, 1.54) is 43.4 Å². The van der Waals surface area contributed by atoms with Crippen LogP contribution in [0.1, 0.15) is 46.3 Å². The van der Waals surface area contributed by atoms with Gasteiger partial charge in [0.05, 0.1) is 14.2 Å². The molecule has 5 rings (SSSR count). The maximum atomic E-state index is 15.4. The number of amides is 2. The molecule has 0 aliphatic carbocycles. The first-order valence-electron chi connectivity index (χ1n) is 14.0. The number of methoxy groups -OCH3 is 2. The van der Waals surface area contributed by atoms with Crippen molar-refractivity contribution in [3.8, 4) is 17.2 Å². The van der Waals surface area contributed by atoms with Crippen molar-refractivity contribution in [3.63, 3.8) is 0 Å². The normalized spacial score (nSPS) is 19.4. The molecule has 3 aromatic rings. The van der Waals surface area contributed by atoms with Crippen LogP contribution in [0, 0.1) is 11.6 Å². The average molecular weight is 617 g/mol. The molecule has 9 nitrogen and oxygen atoms in total. The van der Waals surface area contributed by atoms with Crippen molar-refractivity contribution in [1.82, 2.24) is 15.2 Å². The SMILES string of the molecule is COc1cc(C2CCN(C)CC2)nc(N2C[C@@H](c3c(F)cc(OC)cc3F)C(NC(=O)c3ccc(OC(F)F)cc3)C2=O)c1. The van der Waals surface area contributed by atoms with E-state index < -0.39 is 47.6 Å². The number of carbonyl (C=O) groups is 2. The Morgan fingerprint density at radius 2 is 1.57 bits per heavy atom. The van der Waals surface area contributed by atoms with Crippen molar-refractivity contribution >= 4 is 17.6 Å². The van der Waals surface area contributed by atoms with Crippen LogP contribution in [0.4, 0.5) is 23.4 Å². The number of likely N-dealkylation sites (tertiary alicyclic amines) is 1. The second-order valence-corrected chi connectivity index (χ2v) is 10.8. The molecule has 3 heterocycles. The minimum Gasteiger partial charge on any atom is -0.497 e. The summed E-state index contributed by atoms with van der Waals surface area (Å²) in [4.78, 5) is 35.5. The minimum absolute atomic E-state index is 0.0244. The Morgan fingerprint density at radius 3 is 2.16 bits per heavy atom. The predicted molar refractivity (Wildman–Crippen MR) is 153 cm³/mol. The molecule has 2 atom stereocenters. The number of nitrogens with zero attached hydrogens (tertiary/aromatic N) is 3. The van der Waals surface area contributed by atoms with E-state index in [9.17, 15) is 18.4 Å². The van der Waals surface area contributed by atoms with Gasteiger partial charge in [-0.15, -0.1) is 0 Å². The van der Waals surface area contributed by atoms with E-state index in [4.69, 9.17) is 14.5 Å². The van der Waals surface area contributed by atoms with E-state index in [0.717, 1.165) is 43.8 Å². The highest BCUT2D eigenvalue weighted by Crippen LogP contribution is 2.38. The van der Waals surface area contributed by atoms with Gasteiger partial charge in [0.15, 0.2) is 0 Å². The van der Waals surface area contributed by atoms with Gasteiger partial charge >= 0.3 is 6.61 Å². The molecule has 2 aliphatic heterocycles. The first kappa shape index (κ1) is 31.0. The van der Waals surface area contributed by atoms with Crippen LogP contribution in [-0.2, 0) is 4.79 Å². The summed E-state index contributed by atoms with van der Waals surface area (Å²) in [6.45, 7) is -1.48. The van der Waals surface area contributed by atoms with E-state index in [2.05, 4.69) is 15.0 Å². The van der Waals surface area contributed by atoms with Gasteiger partial charge in [-0.1, -0.05) is 0 Å². The smallest absolute Gasteiger partial charge is 0.387 e. The molecule has 0 radical (unpaired) electrons. The molecule has 234 valence electrons. The highest BCUT2D eigenvalue weighted by molar-refractivity contribution is 6.04. The summed E-state index contributed by atoms with van der Waals surface area (Å²) in [5.74, 6) is -3.82. The lowest BCUT2D eigenvalue weighted by molar-refractivity contribution is -0.118. The lowest BCUT2D eigenvalue weighted by Crippen LogP contribution is -2.44. The third-order valence-electron chi connectivity index (χ3n) is 8.06. The molecule has 44 heavy (non-hydrogen) atoms. The van der Waals surface area contributed by atoms with Crippen molar-refractivity contribution in [2.75, 3.05) is 45.8 Å². The molecule has 2 amide bonds. The number of halogens is 4. The number of nitrogens with one attached hydrogen (secondary N) is 1. The highest BCUT2D eigenvalue weighted by Gasteiger charge is 2.46. The number of rotatable bonds is 9. The monoisotopic (exact) mass is 616 g/mol. The maximum Gasteiger partial charge on any atom is 0.387 e. The summed E-state index contributed by atoms with van der Waals surface area (Å²) >= 11 is 0. The van der Waals surface area contributed by atoms with E-state index >= 15 is 8.78 Å². The molecule has 0 saturated carbocycles. The highest BCUT2D eigenvalue weighted by atomic mass is 19.3. The summed E-state index contributed by atoms with van der Waals surface area (Å²) < 4.78 is 70.7. The number of piperidine rings is 1. The van der Waals surface area contributed by atoms with Crippen molar-refractivity contribution < 1.29 is 41.4 Å². The van der Waals surface area contributed by atoms with E-state index in [-0.39, 0.29) is 35.3 Å². The van der Waals surface area contributed by atoms with Crippen LogP contribution in [0.2, 0.25) is 0 Å². The van der Waals surface area contributed by atoms with Crippen LogP contribution < -0.4 is 24.4 Å². The van der Waals surface area contributed by atoms with Gasteiger partial charge in [0, 0.05) is 59.5 Å². The Morgan fingerprint density at radius 1 is 0.955 bits per heavy atom. The molecular formula is C31H32F4N4O5. The number of benzene rings is 2. The first-order chi connectivity index (χ1) is 21.1. The van der Waals surface area contributed by atoms with Crippen molar-refractivity contribution in [2.45, 2.75) is 37.3 Å². The number of carbonyl (C=O) groups excluding carboxylic acids is 2. The first-order valence-corrected chi connectivity index (χ1v) is 14.0. The Bertz CT molecular complexity index is 1490. The number of hydrogen-bond acceptors (Lipinski definition) is 7. The largest absolute Gasteiger partial charge is 0.497 e. The van der Waals surface area contributed by atoms with Crippen molar-refractivity contribution in [1.29, 1.82) is 0 Å². The Labute approximate surface area is 251 Å². The fourth-order valence-electron chi connectivity index (χ4n) is 5.69.